The topological polar surface area (TPSA) is 102 Å². The second kappa shape index (κ2) is 6.30. The average molecular weight is 246 g/mol. The Bertz CT molecular complexity index is 260. The number of piperidine rings is 1. The van der Waals surface area contributed by atoms with Crippen molar-refractivity contribution < 1.29 is 20.1 Å². The van der Waals surface area contributed by atoms with Crippen molar-refractivity contribution in [2.45, 2.75) is 44.6 Å². The molecule has 1 fully saturated rings. The molecule has 0 bridgehead atoms. The van der Waals surface area contributed by atoms with E-state index in [9.17, 15) is 15.0 Å². The van der Waals surface area contributed by atoms with Crippen molar-refractivity contribution in [3.8, 4) is 0 Å². The molecule has 1 aliphatic heterocycles. The van der Waals surface area contributed by atoms with Crippen LogP contribution in [-0.2, 0) is 4.79 Å². The highest BCUT2D eigenvalue weighted by Crippen LogP contribution is 2.11. The first-order valence-corrected chi connectivity index (χ1v) is 5.95. The van der Waals surface area contributed by atoms with Gasteiger partial charge in [0.2, 0.25) is 5.91 Å². The van der Waals surface area contributed by atoms with Crippen molar-refractivity contribution in [3.05, 3.63) is 0 Å². The number of amides is 1. The van der Waals surface area contributed by atoms with Gasteiger partial charge in [0.05, 0.1) is 24.8 Å². The number of carbonyl (C=O) groups is 1. The number of aliphatic hydroxyl groups is 3. The van der Waals surface area contributed by atoms with Crippen molar-refractivity contribution in [1.29, 1.82) is 0 Å². The zero-order valence-electron chi connectivity index (χ0n) is 10.3. The molecule has 6 nitrogen and oxygen atoms in total. The quantitative estimate of drug-likeness (QED) is 0.403. The minimum Gasteiger partial charge on any atom is -0.395 e. The maximum absolute atomic E-state index is 11.5. The van der Waals surface area contributed by atoms with Crippen LogP contribution in [0.4, 0.5) is 0 Å². The molecule has 0 aliphatic carbocycles. The predicted molar refractivity (Wildman–Crippen MR) is 62.3 cm³/mol. The zero-order chi connectivity index (χ0) is 13.0. The lowest BCUT2D eigenvalue weighted by atomic mass is 9.94. The Morgan fingerprint density at radius 1 is 1.41 bits per heavy atom. The van der Waals surface area contributed by atoms with E-state index in [2.05, 4.69) is 10.6 Å². The lowest BCUT2D eigenvalue weighted by Crippen LogP contribution is -2.65. The lowest BCUT2D eigenvalue weighted by Gasteiger charge is -2.38. The standard InChI is InChI=1S/C11H22N2O4/c1-6(2)3-9(15)13-7-4-12-8(5-14)11(17)10(7)16/h6-8,10-12,14,16-17H,3-5H2,1-2H3,(H,13,15)/t7-,8+,10+,11+/m0/s1. The highest BCUT2D eigenvalue weighted by Gasteiger charge is 2.37. The van der Waals surface area contributed by atoms with Gasteiger partial charge in [-0.25, -0.2) is 0 Å². The van der Waals surface area contributed by atoms with Crippen LogP contribution in [-0.4, -0.2) is 58.7 Å². The van der Waals surface area contributed by atoms with Crippen molar-refractivity contribution in [2.75, 3.05) is 13.2 Å². The molecular weight excluding hydrogens is 224 g/mol. The Labute approximate surface area is 101 Å². The summed E-state index contributed by atoms with van der Waals surface area (Å²) in [5, 5.41) is 34.0. The van der Waals surface area contributed by atoms with Gasteiger partial charge < -0.3 is 26.0 Å². The third kappa shape index (κ3) is 3.92. The molecule has 0 saturated carbocycles. The van der Waals surface area contributed by atoms with Crippen LogP contribution in [0.25, 0.3) is 0 Å². The van der Waals surface area contributed by atoms with E-state index < -0.39 is 24.3 Å². The van der Waals surface area contributed by atoms with Crippen LogP contribution < -0.4 is 10.6 Å². The summed E-state index contributed by atoms with van der Waals surface area (Å²) in [7, 11) is 0. The predicted octanol–water partition coefficient (Wildman–Crippen LogP) is -1.80. The maximum Gasteiger partial charge on any atom is 0.220 e. The van der Waals surface area contributed by atoms with Gasteiger partial charge in [-0.15, -0.1) is 0 Å². The van der Waals surface area contributed by atoms with E-state index in [1.807, 2.05) is 13.8 Å². The Morgan fingerprint density at radius 2 is 2.06 bits per heavy atom. The summed E-state index contributed by atoms with van der Waals surface area (Å²) in [6, 6.07) is -1.05. The third-order valence-corrected chi connectivity index (χ3v) is 2.91. The van der Waals surface area contributed by atoms with Gasteiger partial charge in [0.1, 0.15) is 6.10 Å². The third-order valence-electron chi connectivity index (χ3n) is 2.91. The fourth-order valence-electron chi connectivity index (χ4n) is 1.94. The smallest absolute Gasteiger partial charge is 0.220 e. The van der Waals surface area contributed by atoms with Gasteiger partial charge in [-0.1, -0.05) is 13.8 Å². The number of nitrogens with one attached hydrogen (secondary N) is 2. The molecule has 100 valence electrons. The number of carbonyl (C=O) groups excluding carboxylic acids is 1. The lowest BCUT2D eigenvalue weighted by molar-refractivity contribution is -0.125. The summed E-state index contributed by atoms with van der Waals surface area (Å²) in [5.74, 6) is 0.110. The minimum atomic E-state index is -1.07. The van der Waals surface area contributed by atoms with E-state index in [0.29, 0.717) is 13.0 Å². The normalized spacial score (nSPS) is 33.8. The Hall–Kier alpha value is -0.690. The monoisotopic (exact) mass is 246 g/mol. The number of hydrogen-bond donors (Lipinski definition) is 5. The second-order valence-electron chi connectivity index (χ2n) is 4.95. The van der Waals surface area contributed by atoms with Gasteiger partial charge in [-0.3, -0.25) is 4.79 Å². The molecule has 1 saturated heterocycles. The van der Waals surface area contributed by atoms with Crippen LogP contribution in [0, 0.1) is 5.92 Å². The van der Waals surface area contributed by atoms with Gasteiger partial charge in [0.25, 0.3) is 0 Å². The van der Waals surface area contributed by atoms with E-state index in [1.54, 1.807) is 0 Å². The molecule has 6 heteroatoms. The molecule has 0 radical (unpaired) electrons. The van der Waals surface area contributed by atoms with Crippen LogP contribution in [0.1, 0.15) is 20.3 Å². The number of rotatable bonds is 4. The summed E-state index contributed by atoms with van der Waals surface area (Å²) in [6.07, 6.45) is -1.73. The Morgan fingerprint density at radius 3 is 2.59 bits per heavy atom. The molecule has 1 heterocycles. The Balaban J connectivity index is 2.48. The maximum atomic E-state index is 11.5. The Kier molecular flexibility index (Phi) is 5.32. The van der Waals surface area contributed by atoms with Crippen molar-refractivity contribution in [3.63, 3.8) is 0 Å². The summed E-state index contributed by atoms with van der Waals surface area (Å²) in [5.41, 5.74) is 0. The molecule has 0 aromatic rings. The van der Waals surface area contributed by atoms with Crippen molar-refractivity contribution >= 4 is 5.91 Å². The van der Waals surface area contributed by atoms with Crippen LogP contribution in [0.5, 0.6) is 0 Å². The number of hydrogen-bond acceptors (Lipinski definition) is 5. The van der Waals surface area contributed by atoms with Crippen molar-refractivity contribution in [1.82, 2.24) is 10.6 Å². The van der Waals surface area contributed by atoms with Crippen LogP contribution in [0.3, 0.4) is 0 Å². The van der Waals surface area contributed by atoms with E-state index in [1.165, 1.54) is 0 Å². The van der Waals surface area contributed by atoms with Gasteiger partial charge in [0.15, 0.2) is 0 Å². The molecule has 17 heavy (non-hydrogen) atoms. The SMILES string of the molecule is CC(C)CC(=O)N[C@H]1CN[C@H](CO)[C@@H](O)[C@@H]1O. The van der Waals surface area contributed by atoms with Crippen LogP contribution >= 0.6 is 0 Å². The first kappa shape index (κ1) is 14.4. The molecule has 5 N–H and O–H groups in total. The number of aliphatic hydroxyl groups excluding tert-OH is 3. The molecule has 1 aliphatic rings. The van der Waals surface area contributed by atoms with Crippen LogP contribution in [0.15, 0.2) is 0 Å². The fraction of sp³-hybridized carbons (Fsp3) is 0.909. The highest BCUT2D eigenvalue weighted by atomic mass is 16.3. The second-order valence-corrected chi connectivity index (χ2v) is 4.95. The van der Waals surface area contributed by atoms with Gasteiger partial charge in [-0.05, 0) is 5.92 Å². The first-order valence-electron chi connectivity index (χ1n) is 5.95. The van der Waals surface area contributed by atoms with Gasteiger partial charge in [0, 0.05) is 13.0 Å². The summed E-state index contributed by atoms with van der Waals surface area (Å²) in [4.78, 5) is 11.5. The van der Waals surface area contributed by atoms with E-state index in [0.717, 1.165) is 0 Å². The van der Waals surface area contributed by atoms with Crippen LogP contribution in [0.2, 0.25) is 0 Å². The summed E-state index contributed by atoms with van der Waals surface area (Å²) >= 11 is 0. The van der Waals surface area contributed by atoms with E-state index >= 15 is 0 Å². The zero-order valence-corrected chi connectivity index (χ0v) is 10.3. The molecule has 0 unspecified atom stereocenters. The van der Waals surface area contributed by atoms with E-state index in [4.69, 9.17) is 5.11 Å². The minimum absolute atomic E-state index is 0.138. The molecule has 4 atom stereocenters. The molecule has 1 amide bonds. The average Bonchev–Trinajstić information content (AvgIpc) is 2.24. The molecule has 0 aromatic heterocycles. The first-order chi connectivity index (χ1) is 7.95. The molecule has 0 spiro atoms. The summed E-state index contributed by atoms with van der Waals surface area (Å²) in [6.45, 7) is 3.97. The summed E-state index contributed by atoms with van der Waals surface area (Å²) < 4.78 is 0. The van der Waals surface area contributed by atoms with Gasteiger partial charge >= 0.3 is 0 Å². The highest BCUT2D eigenvalue weighted by molar-refractivity contribution is 5.76. The fourth-order valence-corrected chi connectivity index (χ4v) is 1.94. The van der Waals surface area contributed by atoms with Gasteiger partial charge in [-0.2, -0.15) is 0 Å². The molecule has 1 rings (SSSR count). The largest absolute Gasteiger partial charge is 0.395 e. The molecular formula is C11H22N2O4. The van der Waals surface area contributed by atoms with E-state index in [-0.39, 0.29) is 18.4 Å². The molecule has 0 aromatic carbocycles. The van der Waals surface area contributed by atoms with Crippen molar-refractivity contribution in [2.24, 2.45) is 5.92 Å².